The quantitative estimate of drug-likeness (QED) is 0.165. The van der Waals surface area contributed by atoms with Gasteiger partial charge in [0.1, 0.15) is 11.4 Å². The van der Waals surface area contributed by atoms with Crippen molar-refractivity contribution < 1.29 is 19.1 Å². The van der Waals surface area contributed by atoms with E-state index in [4.69, 9.17) is 14.7 Å². The van der Waals surface area contributed by atoms with Crippen LogP contribution in [0.1, 0.15) is 100 Å². The van der Waals surface area contributed by atoms with Crippen LogP contribution in [0.3, 0.4) is 0 Å². The van der Waals surface area contributed by atoms with Gasteiger partial charge in [-0.15, -0.1) is 0 Å². The molecule has 4 aromatic rings. The lowest BCUT2D eigenvalue weighted by Crippen LogP contribution is -2.57. The molecule has 4 heterocycles. The second kappa shape index (κ2) is 19.9. The summed E-state index contributed by atoms with van der Waals surface area (Å²) in [6, 6.07) is 23.3. The third-order valence-corrected chi connectivity index (χ3v) is 11.7. The van der Waals surface area contributed by atoms with Gasteiger partial charge in [-0.05, 0) is 85.1 Å². The summed E-state index contributed by atoms with van der Waals surface area (Å²) in [5, 5.41) is 2.88. The van der Waals surface area contributed by atoms with E-state index in [-0.39, 0.29) is 70.3 Å². The minimum absolute atomic E-state index is 0. The minimum atomic E-state index is -1.28. The normalized spacial score (nSPS) is 18.7. The van der Waals surface area contributed by atoms with E-state index in [1.54, 1.807) is 0 Å². The Morgan fingerprint density at radius 3 is 2.22 bits per heavy atom. The standard InChI is InChI=1S/C45H50N6O4.3H2S/c1-6-45(49-44(54)55-5,35-12-8-7-9-13-35)43(53)51-25-11-15-40(51)41-47-36-23-20-32(26-37(36)48-41)17-16-31-18-21-33(22-19-31)34-27-38(46-28-34)39-14-10-24-50(39)42(52)30(4)29(2)3;;;/h7-9,12-13,18-23,26,28-30,39-40H,6,10-11,14-15,24-25,27H2,1-5H3,(H,47,48)(H,49,54);3*1H2/t30-,39-,40-,45?;;;/m0.../s1. The highest BCUT2D eigenvalue weighted by Gasteiger charge is 2.47. The van der Waals surface area contributed by atoms with Gasteiger partial charge in [0.15, 0.2) is 0 Å². The number of ether oxygens (including phenoxy) is 1. The molecule has 0 radical (unpaired) electrons. The van der Waals surface area contributed by atoms with E-state index in [1.807, 2.05) is 85.6 Å². The Hall–Kier alpha value is -4.64. The van der Waals surface area contributed by atoms with Gasteiger partial charge in [0.25, 0.3) is 5.91 Å². The van der Waals surface area contributed by atoms with Gasteiger partial charge in [-0.2, -0.15) is 40.5 Å². The second-order valence-electron chi connectivity index (χ2n) is 15.3. The number of amides is 3. The first-order valence-electron chi connectivity index (χ1n) is 19.5. The zero-order valence-electron chi connectivity index (χ0n) is 33.9. The molecule has 13 heteroatoms. The van der Waals surface area contributed by atoms with E-state index in [2.05, 4.69) is 53.0 Å². The van der Waals surface area contributed by atoms with Gasteiger partial charge < -0.3 is 24.8 Å². The average Bonchev–Trinajstić information content (AvgIpc) is 4.05. The molecule has 0 aliphatic carbocycles. The van der Waals surface area contributed by atoms with Crippen molar-refractivity contribution >= 4 is 80.7 Å². The van der Waals surface area contributed by atoms with Crippen molar-refractivity contribution in [2.75, 3.05) is 20.2 Å². The topological polar surface area (TPSA) is 120 Å². The Morgan fingerprint density at radius 2 is 1.55 bits per heavy atom. The number of alkyl carbamates (subject to hydrolysis) is 1. The number of fused-ring (bicyclic) bond motifs is 1. The molecule has 10 nitrogen and oxygen atoms in total. The molecular formula is C45H56N6O4S3. The largest absolute Gasteiger partial charge is 0.453 e. The van der Waals surface area contributed by atoms with Crippen LogP contribution in [0.25, 0.3) is 16.6 Å². The average molecular weight is 841 g/mol. The van der Waals surface area contributed by atoms with Gasteiger partial charge in [-0.1, -0.05) is 82.0 Å². The molecule has 2 saturated heterocycles. The fourth-order valence-corrected chi connectivity index (χ4v) is 8.11. The maximum Gasteiger partial charge on any atom is 0.407 e. The monoisotopic (exact) mass is 840 g/mol. The van der Waals surface area contributed by atoms with Crippen LogP contribution >= 0.6 is 40.5 Å². The first-order valence-corrected chi connectivity index (χ1v) is 19.5. The van der Waals surface area contributed by atoms with Gasteiger partial charge in [-0.25, -0.2) is 9.78 Å². The summed E-state index contributed by atoms with van der Waals surface area (Å²) < 4.78 is 4.95. The molecule has 308 valence electrons. The fraction of sp³-hybridized carbons (Fsp3) is 0.400. The number of nitrogens with zero attached hydrogens (tertiary/aromatic N) is 4. The molecule has 3 amide bonds. The summed E-state index contributed by atoms with van der Waals surface area (Å²) in [6.07, 6.45) is 5.97. The van der Waals surface area contributed by atoms with Gasteiger partial charge in [-0.3, -0.25) is 14.6 Å². The lowest BCUT2D eigenvalue weighted by atomic mass is 9.85. The van der Waals surface area contributed by atoms with Crippen LogP contribution in [0.5, 0.6) is 0 Å². The predicted octanol–water partition coefficient (Wildman–Crippen LogP) is 8.09. The SMILES string of the molecule is CCC(NC(=O)OC)(C(=O)N1CCC[C@H]1c1nc2ccc(C#Cc3ccc(C4=CN=C([C@@H]5CCCN5C(=O)[C@@H](C)C(C)C)C4)cc3)cc2[nH]1)c1ccccc1.S.S.S. The number of imidazole rings is 1. The smallest absolute Gasteiger partial charge is 0.407 e. The number of aromatic nitrogens is 2. The third kappa shape index (κ3) is 9.30. The summed E-state index contributed by atoms with van der Waals surface area (Å²) >= 11 is 0. The molecule has 1 aromatic heterocycles. The number of methoxy groups -OCH3 is 1. The highest BCUT2D eigenvalue weighted by Crippen LogP contribution is 2.38. The number of rotatable bonds is 9. The molecule has 4 atom stereocenters. The molecule has 0 bridgehead atoms. The maximum atomic E-state index is 14.4. The van der Waals surface area contributed by atoms with Crippen LogP contribution in [-0.4, -0.2) is 69.6 Å². The summed E-state index contributed by atoms with van der Waals surface area (Å²) in [5.74, 6) is 7.70. The number of allylic oxidation sites excluding steroid dienone is 1. The number of nitrogens with one attached hydrogen (secondary N) is 2. The van der Waals surface area contributed by atoms with Gasteiger partial charge in [0.05, 0.1) is 30.2 Å². The number of carbonyl (C=O) groups excluding carboxylic acids is 3. The number of hydrogen-bond donors (Lipinski definition) is 2. The number of aromatic amines is 1. The van der Waals surface area contributed by atoms with E-state index in [0.717, 1.165) is 77.7 Å². The van der Waals surface area contributed by atoms with Crippen molar-refractivity contribution in [1.82, 2.24) is 25.1 Å². The van der Waals surface area contributed by atoms with Crippen molar-refractivity contribution in [3.63, 3.8) is 0 Å². The van der Waals surface area contributed by atoms with Gasteiger partial charge in [0.2, 0.25) is 5.91 Å². The summed E-state index contributed by atoms with van der Waals surface area (Å²) in [7, 11) is 1.30. The van der Waals surface area contributed by atoms with Crippen LogP contribution in [0.4, 0.5) is 4.79 Å². The summed E-state index contributed by atoms with van der Waals surface area (Å²) in [4.78, 5) is 57.3. The molecule has 3 aliphatic rings. The highest BCUT2D eigenvalue weighted by atomic mass is 32.1. The Bertz CT molecular complexity index is 2210. The zero-order chi connectivity index (χ0) is 38.7. The lowest BCUT2D eigenvalue weighted by molar-refractivity contribution is -0.140. The first-order chi connectivity index (χ1) is 26.6. The Morgan fingerprint density at radius 1 is 0.897 bits per heavy atom. The number of hydrogen-bond acceptors (Lipinski definition) is 6. The van der Waals surface area contributed by atoms with Crippen molar-refractivity contribution in [1.29, 1.82) is 0 Å². The van der Waals surface area contributed by atoms with E-state index < -0.39 is 11.6 Å². The van der Waals surface area contributed by atoms with Crippen molar-refractivity contribution in [2.45, 2.75) is 83.8 Å². The Kier molecular flexibility index (Phi) is 15.8. The fourth-order valence-electron chi connectivity index (χ4n) is 8.11. The molecule has 1 unspecified atom stereocenters. The second-order valence-corrected chi connectivity index (χ2v) is 15.3. The van der Waals surface area contributed by atoms with Crippen LogP contribution in [-0.2, 0) is 19.9 Å². The maximum absolute atomic E-state index is 14.4. The zero-order valence-corrected chi connectivity index (χ0v) is 36.9. The molecule has 3 aromatic carbocycles. The number of aliphatic imine (C=N–C) groups is 1. The lowest BCUT2D eigenvalue weighted by Gasteiger charge is -2.37. The van der Waals surface area contributed by atoms with E-state index in [0.29, 0.717) is 30.3 Å². The molecule has 3 aliphatic heterocycles. The molecule has 0 spiro atoms. The van der Waals surface area contributed by atoms with Crippen LogP contribution in [0.15, 0.2) is 84.0 Å². The number of carbonyl (C=O) groups is 3. The molecule has 2 N–H and O–H groups in total. The highest BCUT2D eigenvalue weighted by molar-refractivity contribution is 7.59. The van der Waals surface area contributed by atoms with Gasteiger partial charge in [0, 0.05) is 48.5 Å². The molecule has 2 fully saturated rings. The third-order valence-electron chi connectivity index (χ3n) is 11.7. The number of likely N-dealkylation sites (tertiary alicyclic amines) is 2. The van der Waals surface area contributed by atoms with Crippen molar-refractivity contribution in [2.24, 2.45) is 16.8 Å². The number of benzene rings is 3. The Balaban J connectivity index is 0.00000248. The van der Waals surface area contributed by atoms with Crippen LogP contribution < -0.4 is 5.32 Å². The molecule has 0 saturated carbocycles. The Labute approximate surface area is 363 Å². The van der Waals surface area contributed by atoms with Gasteiger partial charge >= 0.3 is 6.09 Å². The van der Waals surface area contributed by atoms with Crippen molar-refractivity contribution in [3.8, 4) is 11.8 Å². The minimum Gasteiger partial charge on any atom is -0.453 e. The first kappa shape index (κ1) is 46.1. The molecule has 7 rings (SSSR count). The number of H-pyrrole nitrogens is 1. The predicted molar refractivity (Wildman–Crippen MR) is 246 cm³/mol. The van der Waals surface area contributed by atoms with E-state index in [1.165, 1.54) is 7.11 Å². The molecular weight excluding hydrogens is 785 g/mol. The van der Waals surface area contributed by atoms with Crippen LogP contribution in [0, 0.1) is 23.7 Å². The van der Waals surface area contributed by atoms with Crippen molar-refractivity contribution in [3.05, 3.63) is 107 Å². The summed E-state index contributed by atoms with van der Waals surface area (Å²) in [6.45, 7) is 9.51. The van der Waals surface area contributed by atoms with E-state index >= 15 is 0 Å². The molecule has 58 heavy (non-hydrogen) atoms. The van der Waals surface area contributed by atoms with E-state index in [9.17, 15) is 14.4 Å². The summed E-state index contributed by atoms with van der Waals surface area (Å²) in [5.41, 5.74) is 6.19. The van der Waals surface area contributed by atoms with Crippen LogP contribution in [0.2, 0.25) is 0 Å².